The van der Waals surface area contributed by atoms with E-state index in [1.807, 2.05) is 54.6 Å². The highest BCUT2D eigenvalue weighted by molar-refractivity contribution is 7.91. The van der Waals surface area contributed by atoms with Gasteiger partial charge in [-0.1, -0.05) is 48.5 Å². The first-order valence-corrected chi connectivity index (χ1v) is 13.8. The van der Waals surface area contributed by atoms with Crippen molar-refractivity contribution < 1.29 is 32.5 Å². The highest BCUT2D eigenvalue weighted by Gasteiger charge is 2.30. The van der Waals surface area contributed by atoms with Crippen LogP contribution in [0.4, 0.5) is 0 Å². The third kappa shape index (κ3) is 8.56. The molecule has 0 heterocycles. The minimum atomic E-state index is -3.99. The number of aliphatic hydroxyl groups excluding tert-OH is 1. The van der Waals surface area contributed by atoms with Gasteiger partial charge in [-0.05, 0) is 47.9 Å². The number of esters is 1. The van der Waals surface area contributed by atoms with Gasteiger partial charge in [0.15, 0.2) is 15.9 Å². The molecule has 0 saturated carbocycles. The van der Waals surface area contributed by atoms with Crippen LogP contribution in [0.1, 0.15) is 11.1 Å². The van der Waals surface area contributed by atoms with E-state index < -0.39 is 39.8 Å². The Labute approximate surface area is 223 Å². The predicted octanol–water partition coefficient (Wildman–Crippen LogP) is 2.11. The lowest BCUT2D eigenvalue weighted by atomic mass is 10.0. The molecule has 0 saturated heterocycles. The fraction of sp³-hybridized carbons (Fsp3) is 0.321. The highest BCUT2D eigenvalue weighted by atomic mass is 32.2. The molecule has 0 fully saturated rings. The molecule has 2 unspecified atom stereocenters. The minimum absolute atomic E-state index is 0.0685. The zero-order valence-electron chi connectivity index (χ0n) is 21.4. The van der Waals surface area contributed by atoms with Crippen LogP contribution in [-0.4, -0.2) is 64.3 Å². The van der Waals surface area contributed by atoms with Crippen molar-refractivity contribution in [2.45, 2.75) is 36.1 Å². The van der Waals surface area contributed by atoms with Crippen molar-refractivity contribution in [2.75, 3.05) is 26.5 Å². The molecule has 4 N–H and O–H groups in total. The molecule has 3 aromatic rings. The summed E-state index contributed by atoms with van der Waals surface area (Å²) in [5, 5.41) is 13.7. The maximum absolute atomic E-state index is 12.8. The van der Waals surface area contributed by atoms with Crippen LogP contribution in [0.15, 0.2) is 83.8 Å². The van der Waals surface area contributed by atoms with E-state index in [0.29, 0.717) is 24.5 Å². The topological polar surface area (TPSA) is 137 Å². The van der Waals surface area contributed by atoms with Crippen molar-refractivity contribution in [1.29, 1.82) is 0 Å². The van der Waals surface area contributed by atoms with Crippen molar-refractivity contribution in [3.8, 4) is 11.5 Å². The summed E-state index contributed by atoms with van der Waals surface area (Å²) in [6.45, 7) is 0.641. The van der Waals surface area contributed by atoms with Crippen molar-refractivity contribution >= 4 is 15.8 Å². The average molecular weight is 543 g/mol. The summed E-state index contributed by atoms with van der Waals surface area (Å²) < 4.78 is 41.5. The number of nitrogens with one attached hydrogen (secondary N) is 1. The second-order valence-corrected chi connectivity index (χ2v) is 10.8. The number of rotatable bonds is 14. The van der Waals surface area contributed by atoms with Crippen LogP contribution in [-0.2, 0) is 32.3 Å². The van der Waals surface area contributed by atoms with Gasteiger partial charge >= 0.3 is 5.97 Å². The lowest BCUT2D eigenvalue weighted by Crippen LogP contribution is -2.47. The first kappa shape index (κ1) is 29.1. The average Bonchev–Trinajstić information content (AvgIpc) is 2.92. The monoisotopic (exact) mass is 542 g/mol. The lowest BCUT2D eigenvalue weighted by molar-refractivity contribution is -0.158. The number of ether oxygens (including phenoxy) is 3. The maximum Gasteiger partial charge on any atom is 0.336 e. The van der Waals surface area contributed by atoms with Gasteiger partial charge in [0.1, 0.15) is 17.6 Å². The second-order valence-electron chi connectivity index (χ2n) is 8.79. The number of sulfone groups is 1. The fourth-order valence-electron chi connectivity index (χ4n) is 3.83. The molecule has 0 aliphatic carbocycles. The number of carbonyl (C=O) groups is 1. The van der Waals surface area contributed by atoms with Crippen LogP contribution >= 0.6 is 0 Å². The second kappa shape index (κ2) is 13.9. The molecule has 38 heavy (non-hydrogen) atoms. The van der Waals surface area contributed by atoms with Crippen LogP contribution in [0.3, 0.4) is 0 Å². The van der Waals surface area contributed by atoms with E-state index in [9.17, 15) is 18.3 Å². The summed E-state index contributed by atoms with van der Waals surface area (Å²) in [5.74, 6) is -0.838. The smallest absolute Gasteiger partial charge is 0.336 e. The molecule has 10 heteroatoms. The van der Waals surface area contributed by atoms with E-state index in [-0.39, 0.29) is 11.4 Å². The molecule has 0 spiro atoms. The van der Waals surface area contributed by atoms with Crippen LogP contribution in [0.5, 0.6) is 11.5 Å². The van der Waals surface area contributed by atoms with Crippen LogP contribution in [0.25, 0.3) is 0 Å². The number of hydrogen-bond acceptors (Lipinski definition) is 9. The molecule has 0 bridgehead atoms. The van der Waals surface area contributed by atoms with E-state index in [1.54, 1.807) is 13.2 Å². The Balaban J connectivity index is 1.68. The Bertz CT molecular complexity index is 1290. The highest BCUT2D eigenvalue weighted by Crippen LogP contribution is 2.19. The normalized spacial score (nSPS) is 13.8. The molecule has 3 rings (SSSR count). The Kier molecular flexibility index (Phi) is 10.7. The Morgan fingerprint density at radius 2 is 1.55 bits per heavy atom. The van der Waals surface area contributed by atoms with Crippen molar-refractivity contribution in [2.24, 2.45) is 5.73 Å². The van der Waals surface area contributed by atoms with Crippen molar-refractivity contribution in [1.82, 2.24) is 5.32 Å². The first-order chi connectivity index (χ1) is 18.2. The van der Waals surface area contributed by atoms with Gasteiger partial charge in [0.2, 0.25) is 0 Å². The standard InChI is InChI=1S/C28H34N2O7S/c1-35-22-11-6-10-21(14-22)17-30-18-27(25(29)15-20-8-4-3-5-9-20)37-28(32)26(31)19-38(33,34)24-13-7-12-23(16-24)36-2/h3-14,16,25-27,30-31H,15,17-19,29H2,1-2H3/t25?,26-,27?/m1/s1. The van der Waals surface area contributed by atoms with Gasteiger partial charge in [-0.3, -0.25) is 0 Å². The number of nitrogens with two attached hydrogens (primary N) is 1. The molecule has 0 aromatic heterocycles. The molecule has 0 aliphatic rings. The minimum Gasteiger partial charge on any atom is -0.497 e. The predicted molar refractivity (Wildman–Crippen MR) is 144 cm³/mol. The van der Waals surface area contributed by atoms with Gasteiger partial charge in [0.05, 0.1) is 24.9 Å². The van der Waals surface area contributed by atoms with E-state index in [2.05, 4.69) is 5.32 Å². The molecule has 0 radical (unpaired) electrons. The number of hydrogen-bond donors (Lipinski definition) is 3. The molecule has 0 amide bonds. The van der Waals surface area contributed by atoms with Gasteiger partial charge < -0.3 is 30.4 Å². The fourth-order valence-corrected chi connectivity index (χ4v) is 5.16. The number of methoxy groups -OCH3 is 2. The first-order valence-electron chi connectivity index (χ1n) is 12.1. The lowest BCUT2D eigenvalue weighted by Gasteiger charge is -2.26. The Hall–Kier alpha value is -3.44. The molecule has 0 aliphatic heterocycles. The zero-order chi connectivity index (χ0) is 27.5. The summed E-state index contributed by atoms with van der Waals surface area (Å²) in [4.78, 5) is 12.7. The third-order valence-corrected chi connectivity index (χ3v) is 7.64. The Morgan fingerprint density at radius 3 is 2.24 bits per heavy atom. The van der Waals surface area contributed by atoms with Crippen LogP contribution in [0, 0.1) is 0 Å². The molecular formula is C28H34N2O7S. The SMILES string of the molecule is COc1cccc(CNCC(OC(=O)[C@H](O)CS(=O)(=O)c2cccc(OC)c2)C(N)Cc2ccccc2)c1. The Morgan fingerprint density at radius 1 is 0.921 bits per heavy atom. The third-order valence-electron chi connectivity index (χ3n) is 5.92. The number of benzene rings is 3. The van der Waals surface area contributed by atoms with Crippen molar-refractivity contribution in [3.63, 3.8) is 0 Å². The van der Waals surface area contributed by atoms with Gasteiger partial charge in [-0.25, -0.2) is 13.2 Å². The summed E-state index contributed by atoms with van der Waals surface area (Å²) >= 11 is 0. The summed E-state index contributed by atoms with van der Waals surface area (Å²) in [6, 6.07) is 22.2. The summed E-state index contributed by atoms with van der Waals surface area (Å²) in [7, 11) is -0.987. The molecule has 3 atom stereocenters. The van der Waals surface area contributed by atoms with E-state index in [4.69, 9.17) is 19.9 Å². The molecule has 3 aromatic carbocycles. The molecule has 9 nitrogen and oxygen atoms in total. The quantitative estimate of drug-likeness (QED) is 0.262. The largest absolute Gasteiger partial charge is 0.497 e. The van der Waals surface area contributed by atoms with E-state index in [1.165, 1.54) is 25.3 Å². The summed E-state index contributed by atoms with van der Waals surface area (Å²) in [5.41, 5.74) is 8.33. The number of aliphatic hydroxyl groups is 1. The van der Waals surface area contributed by atoms with Crippen LogP contribution < -0.4 is 20.5 Å². The van der Waals surface area contributed by atoms with Gasteiger partial charge in [0, 0.05) is 19.1 Å². The van der Waals surface area contributed by atoms with Crippen molar-refractivity contribution in [3.05, 3.63) is 90.0 Å². The molecular weight excluding hydrogens is 508 g/mol. The summed E-state index contributed by atoms with van der Waals surface area (Å²) in [6.07, 6.45) is -2.31. The van der Waals surface area contributed by atoms with Gasteiger partial charge in [-0.2, -0.15) is 0 Å². The van der Waals surface area contributed by atoms with Gasteiger partial charge in [-0.15, -0.1) is 0 Å². The molecule has 204 valence electrons. The van der Waals surface area contributed by atoms with E-state index in [0.717, 1.165) is 11.1 Å². The van der Waals surface area contributed by atoms with Crippen LogP contribution in [0.2, 0.25) is 0 Å². The number of carbonyl (C=O) groups excluding carboxylic acids is 1. The maximum atomic E-state index is 12.8. The van der Waals surface area contributed by atoms with E-state index >= 15 is 0 Å². The zero-order valence-corrected chi connectivity index (χ0v) is 22.3. The van der Waals surface area contributed by atoms with Gasteiger partial charge in [0.25, 0.3) is 0 Å².